The van der Waals surface area contributed by atoms with E-state index < -0.39 is 0 Å². The Balaban J connectivity index is 1.83. The van der Waals surface area contributed by atoms with Gasteiger partial charge in [-0.05, 0) is 126 Å². The van der Waals surface area contributed by atoms with E-state index in [1.807, 2.05) is 61.0 Å². The molecule has 0 heterocycles. The van der Waals surface area contributed by atoms with Crippen molar-refractivity contribution >= 4 is 23.8 Å². The molecule has 0 atom stereocenters. The summed E-state index contributed by atoms with van der Waals surface area (Å²) in [5.74, 6) is 1.60. The molecule has 0 amide bonds. The van der Waals surface area contributed by atoms with Crippen LogP contribution in [0.25, 0.3) is 0 Å². The SMILES string of the molecule is CC(C)=CCCC(C)(C)CC=Nc1ccc(Oc2ccc(N=CCC(C)(C)CCC=C(C)C)cc2)cc1. The van der Waals surface area contributed by atoms with Gasteiger partial charge < -0.3 is 4.74 Å². The van der Waals surface area contributed by atoms with E-state index in [1.165, 1.54) is 11.1 Å². The second-order valence-corrected chi connectivity index (χ2v) is 12.1. The molecule has 0 aliphatic heterocycles. The second kappa shape index (κ2) is 14.7. The maximum absolute atomic E-state index is 6.02. The third-order valence-corrected chi connectivity index (χ3v) is 6.43. The van der Waals surface area contributed by atoms with Crippen molar-refractivity contribution in [3.8, 4) is 11.5 Å². The standard InChI is InChI=1S/C34H48N2O/c1-27(2)11-9-21-33(5,6)23-25-35-29-13-17-31(18-14-29)37-32-19-15-30(16-20-32)36-26-24-34(7,8)22-10-12-28(3)4/h11-20,25-26H,9-10,21-24H2,1-8H3. The van der Waals surface area contributed by atoms with Crippen LogP contribution in [-0.4, -0.2) is 12.4 Å². The minimum atomic E-state index is 0.246. The molecular weight excluding hydrogens is 452 g/mol. The highest BCUT2D eigenvalue weighted by Gasteiger charge is 2.16. The lowest BCUT2D eigenvalue weighted by Gasteiger charge is -2.21. The van der Waals surface area contributed by atoms with E-state index in [4.69, 9.17) is 4.74 Å². The minimum Gasteiger partial charge on any atom is -0.457 e. The molecule has 200 valence electrons. The Hall–Kier alpha value is -2.94. The van der Waals surface area contributed by atoms with Crippen molar-refractivity contribution in [2.24, 2.45) is 20.8 Å². The van der Waals surface area contributed by atoms with E-state index in [0.29, 0.717) is 0 Å². The van der Waals surface area contributed by atoms with Crippen molar-refractivity contribution in [2.45, 2.75) is 93.9 Å². The number of hydrogen-bond donors (Lipinski definition) is 0. The van der Waals surface area contributed by atoms with Crippen molar-refractivity contribution in [1.82, 2.24) is 0 Å². The molecule has 3 heteroatoms. The first kappa shape index (κ1) is 30.3. The summed E-state index contributed by atoms with van der Waals surface area (Å²) in [4.78, 5) is 9.30. The number of nitrogens with zero attached hydrogens (tertiary/aromatic N) is 2. The molecule has 0 fully saturated rings. The summed E-state index contributed by atoms with van der Waals surface area (Å²) in [6.07, 6.45) is 15.2. The highest BCUT2D eigenvalue weighted by atomic mass is 16.5. The normalized spacial score (nSPS) is 12.2. The zero-order valence-electron chi connectivity index (χ0n) is 24.5. The first-order chi connectivity index (χ1) is 17.4. The Morgan fingerprint density at radius 1 is 0.622 bits per heavy atom. The van der Waals surface area contributed by atoms with E-state index in [0.717, 1.165) is 61.4 Å². The van der Waals surface area contributed by atoms with Crippen LogP contribution in [0, 0.1) is 10.8 Å². The lowest BCUT2D eigenvalue weighted by atomic mass is 9.84. The van der Waals surface area contributed by atoms with Crippen molar-refractivity contribution in [3.05, 3.63) is 71.8 Å². The molecule has 0 saturated heterocycles. The molecule has 0 bridgehead atoms. The van der Waals surface area contributed by atoms with Gasteiger partial charge in [-0.25, -0.2) is 0 Å². The van der Waals surface area contributed by atoms with Gasteiger partial charge in [0, 0.05) is 12.4 Å². The van der Waals surface area contributed by atoms with Gasteiger partial charge in [0.1, 0.15) is 11.5 Å². The van der Waals surface area contributed by atoms with Crippen molar-refractivity contribution in [1.29, 1.82) is 0 Å². The van der Waals surface area contributed by atoms with Gasteiger partial charge in [-0.15, -0.1) is 0 Å². The average molecular weight is 501 g/mol. The summed E-state index contributed by atoms with van der Waals surface area (Å²) in [5.41, 5.74) is 5.16. The van der Waals surface area contributed by atoms with Crippen LogP contribution in [0.4, 0.5) is 11.4 Å². The van der Waals surface area contributed by atoms with Gasteiger partial charge in [0.05, 0.1) is 11.4 Å². The van der Waals surface area contributed by atoms with Gasteiger partial charge >= 0.3 is 0 Å². The van der Waals surface area contributed by atoms with E-state index in [2.05, 4.69) is 77.5 Å². The molecule has 0 unspecified atom stereocenters. The number of aliphatic imine (C=N–C) groups is 2. The fourth-order valence-corrected chi connectivity index (χ4v) is 3.84. The molecule has 0 spiro atoms. The largest absolute Gasteiger partial charge is 0.457 e. The molecule has 0 N–H and O–H groups in total. The van der Waals surface area contributed by atoms with Crippen LogP contribution in [0.15, 0.2) is 81.8 Å². The molecule has 0 radical (unpaired) electrons. The van der Waals surface area contributed by atoms with E-state index in [-0.39, 0.29) is 10.8 Å². The zero-order valence-corrected chi connectivity index (χ0v) is 24.5. The molecule has 2 aromatic carbocycles. The number of benzene rings is 2. The molecule has 37 heavy (non-hydrogen) atoms. The number of rotatable bonds is 14. The van der Waals surface area contributed by atoms with E-state index in [9.17, 15) is 0 Å². The first-order valence-corrected chi connectivity index (χ1v) is 13.6. The first-order valence-electron chi connectivity index (χ1n) is 13.6. The maximum Gasteiger partial charge on any atom is 0.127 e. The molecule has 3 nitrogen and oxygen atoms in total. The summed E-state index contributed by atoms with van der Waals surface area (Å²) in [5, 5.41) is 0. The van der Waals surface area contributed by atoms with Gasteiger partial charge in [0.15, 0.2) is 0 Å². The fourth-order valence-electron chi connectivity index (χ4n) is 3.84. The molecule has 0 aliphatic carbocycles. The van der Waals surface area contributed by atoms with Crippen LogP contribution in [0.2, 0.25) is 0 Å². The van der Waals surface area contributed by atoms with Gasteiger partial charge in [-0.3, -0.25) is 9.98 Å². The molecule has 0 aliphatic rings. The minimum absolute atomic E-state index is 0.246. The van der Waals surface area contributed by atoms with Crippen LogP contribution < -0.4 is 4.74 Å². The molecular formula is C34H48N2O. The second-order valence-electron chi connectivity index (χ2n) is 12.1. The maximum atomic E-state index is 6.02. The fraction of sp³-hybridized carbons (Fsp3) is 0.471. The van der Waals surface area contributed by atoms with Crippen LogP contribution in [0.1, 0.15) is 93.9 Å². The lowest BCUT2D eigenvalue weighted by molar-refractivity contribution is 0.356. The molecule has 0 aromatic heterocycles. The van der Waals surface area contributed by atoms with Crippen LogP contribution in [0.5, 0.6) is 11.5 Å². The summed E-state index contributed by atoms with van der Waals surface area (Å²) in [6.45, 7) is 17.8. The molecule has 0 saturated carbocycles. The van der Waals surface area contributed by atoms with E-state index >= 15 is 0 Å². The van der Waals surface area contributed by atoms with Crippen LogP contribution in [0.3, 0.4) is 0 Å². The molecule has 2 rings (SSSR count). The van der Waals surface area contributed by atoms with Crippen molar-refractivity contribution in [2.75, 3.05) is 0 Å². The number of ether oxygens (including phenoxy) is 1. The Kier molecular flexibility index (Phi) is 12.0. The van der Waals surface area contributed by atoms with Crippen molar-refractivity contribution in [3.63, 3.8) is 0 Å². The third-order valence-electron chi connectivity index (χ3n) is 6.43. The van der Waals surface area contributed by atoms with Gasteiger partial charge in [-0.2, -0.15) is 0 Å². The highest BCUT2D eigenvalue weighted by Crippen LogP contribution is 2.29. The Bertz CT molecular complexity index is 972. The summed E-state index contributed by atoms with van der Waals surface area (Å²) in [7, 11) is 0. The topological polar surface area (TPSA) is 34.0 Å². The monoisotopic (exact) mass is 500 g/mol. The molecule has 2 aromatic rings. The quantitative estimate of drug-likeness (QED) is 0.187. The van der Waals surface area contributed by atoms with Gasteiger partial charge in [-0.1, -0.05) is 51.0 Å². The Labute approximate surface area is 226 Å². The van der Waals surface area contributed by atoms with Crippen LogP contribution >= 0.6 is 0 Å². The average Bonchev–Trinajstić information content (AvgIpc) is 2.80. The number of allylic oxidation sites excluding steroid dienone is 4. The van der Waals surface area contributed by atoms with Crippen molar-refractivity contribution < 1.29 is 4.74 Å². The summed E-state index contributed by atoms with van der Waals surface area (Å²) < 4.78 is 6.02. The zero-order chi connectivity index (χ0) is 27.3. The predicted molar refractivity (Wildman–Crippen MR) is 163 cm³/mol. The highest BCUT2D eigenvalue weighted by molar-refractivity contribution is 5.65. The lowest BCUT2D eigenvalue weighted by Crippen LogP contribution is -2.11. The van der Waals surface area contributed by atoms with Gasteiger partial charge in [0.25, 0.3) is 0 Å². The third kappa shape index (κ3) is 13.3. The summed E-state index contributed by atoms with van der Waals surface area (Å²) >= 11 is 0. The van der Waals surface area contributed by atoms with E-state index in [1.54, 1.807) is 0 Å². The predicted octanol–water partition coefficient (Wildman–Crippen LogP) is 11.2. The number of hydrogen-bond acceptors (Lipinski definition) is 3. The van der Waals surface area contributed by atoms with Gasteiger partial charge in [0.2, 0.25) is 0 Å². The Morgan fingerprint density at radius 3 is 1.30 bits per heavy atom. The smallest absolute Gasteiger partial charge is 0.127 e. The summed E-state index contributed by atoms with van der Waals surface area (Å²) in [6, 6.07) is 15.9. The Morgan fingerprint density at radius 2 is 0.973 bits per heavy atom. The van der Waals surface area contributed by atoms with Crippen LogP contribution in [-0.2, 0) is 0 Å².